The van der Waals surface area contributed by atoms with Crippen molar-refractivity contribution in [3.05, 3.63) is 89.7 Å². The fourth-order valence-electron chi connectivity index (χ4n) is 2.84. The van der Waals surface area contributed by atoms with Crippen LogP contribution in [0.2, 0.25) is 0 Å². The number of hydrogen-bond donors (Lipinski definition) is 1. The Morgan fingerprint density at radius 3 is 2.14 bits per heavy atom. The van der Waals surface area contributed by atoms with Gasteiger partial charge in [0.15, 0.2) is 0 Å². The summed E-state index contributed by atoms with van der Waals surface area (Å²) in [6, 6.07) is 22.1. The normalized spacial score (nSPS) is 10.3. The van der Waals surface area contributed by atoms with Crippen LogP contribution in [-0.4, -0.2) is 42.8 Å². The zero-order chi connectivity index (χ0) is 20.8. The van der Waals surface area contributed by atoms with E-state index in [0.717, 1.165) is 11.3 Å². The number of anilines is 2. The van der Waals surface area contributed by atoms with Crippen LogP contribution in [0.5, 0.6) is 0 Å². The van der Waals surface area contributed by atoms with Crippen LogP contribution in [0.4, 0.5) is 11.4 Å². The van der Waals surface area contributed by atoms with Crippen LogP contribution in [0.15, 0.2) is 72.8 Å². The van der Waals surface area contributed by atoms with Crippen molar-refractivity contribution in [2.24, 2.45) is 0 Å². The number of benzene rings is 2. The second kappa shape index (κ2) is 9.01. The monoisotopic (exact) mass is 388 g/mol. The van der Waals surface area contributed by atoms with Crippen molar-refractivity contribution in [1.29, 1.82) is 0 Å². The molecular formula is C23H24N4O2. The van der Waals surface area contributed by atoms with E-state index in [4.69, 9.17) is 0 Å². The summed E-state index contributed by atoms with van der Waals surface area (Å²) >= 11 is 0. The molecular weight excluding hydrogens is 364 g/mol. The molecule has 0 aliphatic heterocycles. The summed E-state index contributed by atoms with van der Waals surface area (Å²) in [6.45, 7) is 0.468. The van der Waals surface area contributed by atoms with Crippen LogP contribution in [-0.2, 0) is 6.54 Å². The number of aromatic nitrogens is 1. The Hall–Kier alpha value is -3.67. The minimum absolute atomic E-state index is 0.195. The molecule has 0 saturated carbocycles. The average Bonchev–Trinajstić information content (AvgIpc) is 2.74. The third-order valence-electron chi connectivity index (χ3n) is 4.45. The molecule has 0 unspecified atom stereocenters. The first kappa shape index (κ1) is 20.1. The van der Waals surface area contributed by atoms with E-state index in [0.29, 0.717) is 12.2 Å². The van der Waals surface area contributed by atoms with E-state index in [2.05, 4.69) is 10.3 Å². The van der Waals surface area contributed by atoms with E-state index < -0.39 is 0 Å². The van der Waals surface area contributed by atoms with Gasteiger partial charge in [-0.3, -0.25) is 9.59 Å². The van der Waals surface area contributed by atoms with E-state index in [-0.39, 0.29) is 23.2 Å². The molecule has 1 aromatic heterocycles. The number of nitrogens with zero attached hydrogens (tertiary/aromatic N) is 3. The van der Waals surface area contributed by atoms with Gasteiger partial charge in [-0.15, -0.1) is 0 Å². The average molecular weight is 388 g/mol. The third-order valence-corrected chi connectivity index (χ3v) is 4.45. The van der Waals surface area contributed by atoms with E-state index in [9.17, 15) is 9.59 Å². The molecule has 0 saturated heterocycles. The van der Waals surface area contributed by atoms with Crippen LogP contribution < -0.4 is 10.2 Å². The Labute approximate surface area is 170 Å². The third kappa shape index (κ3) is 5.19. The molecule has 0 aliphatic carbocycles. The lowest BCUT2D eigenvalue weighted by atomic mass is 10.2. The van der Waals surface area contributed by atoms with Crippen LogP contribution in [0, 0.1) is 0 Å². The predicted molar refractivity (Wildman–Crippen MR) is 115 cm³/mol. The molecule has 0 atom stereocenters. The Morgan fingerprint density at radius 2 is 1.48 bits per heavy atom. The van der Waals surface area contributed by atoms with Gasteiger partial charge >= 0.3 is 0 Å². The molecule has 1 heterocycles. The summed E-state index contributed by atoms with van der Waals surface area (Å²) in [5.74, 6) is -0.596. The first-order chi connectivity index (χ1) is 13.9. The topological polar surface area (TPSA) is 65.5 Å². The van der Waals surface area contributed by atoms with Crippen molar-refractivity contribution >= 4 is 23.2 Å². The standard InChI is InChI=1S/C23H24N4O2/c1-26(2)19-14-12-18(13-15-19)24-22(28)20-10-7-11-21(25-20)23(29)27(3)16-17-8-5-4-6-9-17/h4-15H,16H2,1-3H3,(H,24,28). The number of pyridine rings is 1. The maximum absolute atomic E-state index is 12.7. The van der Waals surface area contributed by atoms with Gasteiger partial charge in [-0.25, -0.2) is 4.98 Å². The second-order valence-corrected chi connectivity index (χ2v) is 6.95. The van der Waals surface area contributed by atoms with Gasteiger partial charge in [-0.1, -0.05) is 36.4 Å². The summed E-state index contributed by atoms with van der Waals surface area (Å²) < 4.78 is 0. The molecule has 2 aromatic carbocycles. The first-order valence-electron chi connectivity index (χ1n) is 9.29. The Balaban J connectivity index is 1.69. The van der Waals surface area contributed by atoms with Gasteiger partial charge in [0.1, 0.15) is 11.4 Å². The molecule has 29 heavy (non-hydrogen) atoms. The number of carbonyl (C=O) groups excluding carboxylic acids is 2. The quantitative estimate of drug-likeness (QED) is 0.700. The fourth-order valence-corrected chi connectivity index (χ4v) is 2.84. The summed E-state index contributed by atoms with van der Waals surface area (Å²) in [7, 11) is 5.62. The van der Waals surface area contributed by atoms with Crippen LogP contribution in [0.25, 0.3) is 0 Å². The molecule has 0 fully saturated rings. The van der Waals surface area contributed by atoms with Crippen molar-refractivity contribution in [2.45, 2.75) is 6.54 Å². The molecule has 0 bridgehead atoms. The van der Waals surface area contributed by atoms with E-state index in [1.165, 1.54) is 0 Å². The molecule has 1 N–H and O–H groups in total. The zero-order valence-electron chi connectivity index (χ0n) is 16.8. The second-order valence-electron chi connectivity index (χ2n) is 6.95. The highest BCUT2D eigenvalue weighted by atomic mass is 16.2. The van der Waals surface area contributed by atoms with Crippen molar-refractivity contribution in [1.82, 2.24) is 9.88 Å². The lowest BCUT2D eigenvalue weighted by Crippen LogP contribution is -2.27. The van der Waals surface area contributed by atoms with E-state index >= 15 is 0 Å². The number of nitrogens with one attached hydrogen (secondary N) is 1. The minimum Gasteiger partial charge on any atom is -0.378 e. The molecule has 0 radical (unpaired) electrons. The van der Waals surface area contributed by atoms with Crippen LogP contribution in [0.3, 0.4) is 0 Å². The van der Waals surface area contributed by atoms with E-state index in [1.54, 1.807) is 30.1 Å². The molecule has 0 spiro atoms. The minimum atomic E-state index is -0.358. The van der Waals surface area contributed by atoms with Crippen molar-refractivity contribution in [2.75, 3.05) is 31.4 Å². The van der Waals surface area contributed by atoms with Crippen LogP contribution >= 0.6 is 0 Å². The number of carbonyl (C=O) groups is 2. The highest BCUT2D eigenvalue weighted by Gasteiger charge is 2.16. The number of hydrogen-bond acceptors (Lipinski definition) is 4. The summed E-state index contributed by atoms with van der Waals surface area (Å²) in [4.78, 5) is 33.1. The molecule has 0 aliphatic rings. The zero-order valence-corrected chi connectivity index (χ0v) is 16.8. The first-order valence-corrected chi connectivity index (χ1v) is 9.29. The fraction of sp³-hybridized carbons (Fsp3) is 0.174. The SMILES string of the molecule is CN(Cc1ccccc1)C(=O)c1cccc(C(=O)Nc2ccc(N(C)C)cc2)n1. The highest BCUT2D eigenvalue weighted by molar-refractivity contribution is 6.03. The largest absolute Gasteiger partial charge is 0.378 e. The van der Waals surface area contributed by atoms with Gasteiger partial charge in [0, 0.05) is 39.1 Å². The van der Waals surface area contributed by atoms with Crippen molar-refractivity contribution in [3.8, 4) is 0 Å². The highest BCUT2D eigenvalue weighted by Crippen LogP contribution is 2.16. The van der Waals surface area contributed by atoms with E-state index in [1.807, 2.05) is 73.6 Å². The summed E-state index contributed by atoms with van der Waals surface area (Å²) in [5, 5.41) is 2.81. The summed E-state index contributed by atoms with van der Waals surface area (Å²) in [5.41, 5.74) is 3.16. The molecule has 148 valence electrons. The van der Waals surface area contributed by atoms with Crippen molar-refractivity contribution in [3.63, 3.8) is 0 Å². The van der Waals surface area contributed by atoms with Gasteiger partial charge in [0.05, 0.1) is 0 Å². The van der Waals surface area contributed by atoms with Gasteiger partial charge < -0.3 is 15.1 Å². The predicted octanol–water partition coefficient (Wildman–Crippen LogP) is 3.67. The maximum Gasteiger partial charge on any atom is 0.274 e. The van der Waals surface area contributed by atoms with Gasteiger partial charge in [0.25, 0.3) is 11.8 Å². The Morgan fingerprint density at radius 1 is 0.828 bits per heavy atom. The lowest BCUT2D eigenvalue weighted by Gasteiger charge is -2.17. The Kier molecular flexibility index (Phi) is 6.24. The van der Waals surface area contributed by atoms with Crippen molar-refractivity contribution < 1.29 is 9.59 Å². The molecule has 6 nitrogen and oxygen atoms in total. The Bertz CT molecular complexity index is 985. The van der Waals surface area contributed by atoms with Gasteiger partial charge in [-0.2, -0.15) is 0 Å². The van der Waals surface area contributed by atoms with Crippen LogP contribution in [0.1, 0.15) is 26.5 Å². The van der Waals surface area contributed by atoms with Gasteiger partial charge in [0.2, 0.25) is 0 Å². The summed E-state index contributed by atoms with van der Waals surface area (Å²) in [6.07, 6.45) is 0. The molecule has 2 amide bonds. The maximum atomic E-state index is 12.7. The molecule has 6 heteroatoms. The number of amides is 2. The molecule has 3 rings (SSSR count). The smallest absolute Gasteiger partial charge is 0.274 e. The lowest BCUT2D eigenvalue weighted by molar-refractivity contribution is 0.0779. The van der Waals surface area contributed by atoms with Gasteiger partial charge in [-0.05, 0) is 42.0 Å². The number of rotatable bonds is 6. The molecule has 3 aromatic rings.